The molecule has 2 aliphatic carbocycles. The first-order valence-corrected chi connectivity index (χ1v) is 10.5. The third kappa shape index (κ3) is 3.69. The summed E-state index contributed by atoms with van der Waals surface area (Å²) in [4.78, 5) is 26.9. The fourth-order valence-electron chi connectivity index (χ4n) is 4.99. The zero-order valence-corrected chi connectivity index (χ0v) is 16.3. The van der Waals surface area contributed by atoms with Gasteiger partial charge in [0.2, 0.25) is 5.91 Å². The van der Waals surface area contributed by atoms with Gasteiger partial charge in [-0.3, -0.25) is 9.59 Å². The minimum Gasteiger partial charge on any atom is -0.372 e. The van der Waals surface area contributed by atoms with Crippen LogP contribution in [0.3, 0.4) is 0 Å². The molecule has 1 atom stereocenters. The summed E-state index contributed by atoms with van der Waals surface area (Å²) in [6.45, 7) is 0. The number of anilines is 1. The Kier molecular flexibility index (Phi) is 5.11. The molecule has 1 saturated heterocycles. The minimum absolute atomic E-state index is 0.0331. The highest BCUT2D eigenvalue weighted by Gasteiger charge is 2.48. The van der Waals surface area contributed by atoms with Crippen LogP contribution in [0.15, 0.2) is 24.3 Å². The first kappa shape index (κ1) is 18.3. The lowest BCUT2D eigenvalue weighted by molar-refractivity contribution is -0.127. The van der Waals surface area contributed by atoms with Crippen LogP contribution in [-0.2, 0) is 4.79 Å². The predicted molar refractivity (Wildman–Crippen MR) is 107 cm³/mol. The molecule has 5 heteroatoms. The molecule has 2 N–H and O–H groups in total. The normalized spacial score (nSPS) is 24.8. The van der Waals surface area contributed by atoms with Crippen LogP contribution in [0.2, 0.25) is 0 Å². The predicted octanol–water partition coefficient (Wildman–Crippen LogP) is 3.39. The van der Waals surface area contributed by atoms with Gasteiger partial charge in [0, 0.05) is 30.8 Å². The van der Waals surface area contributed by atoms with Crippen molar-refractivity contribution in [2.24, 2.45) is 0 Å². The first-order chi connectivity index (χ1) is 13.1. The molecule has 0 radical (unpaired) electrons. The van der Waals surface area contributed by atoms with Crippen molar-refractivity contribution in [2.75, 3.05) is 11.9 Å². The lowest BCUT2D eigenvalue weighted by atomic mass is 9.68. The molecule has 3 aliphatic rings. The maximum atomic E-state index is 12.8. The van der Waals surface area contributed by atoms with Gasteiger partial charge in [-0.25, -0.2) is 0 Å². The highest BCUT2D eigenvalue weighted by molar-refractivity contribution is 5.95. The Bertz CT molecular complexity index is 690. The second kappa shape index (κ2) is 7.53. The van der Waals surface area contributed by atoms with Crippen molar-refractivity contribution in [1.82, 2.24) is 10.6 Å². The van der Waals surface area contributed by atoms with E-state index in [4.69, 9.17) is 0 Å². The minimum atomic E-state index is -0.202. The van der Waals surface area contributed by atoms with Crippen molar-refractivity contribution in [3.05, 3.63) is 29.8 Å². The lowest BCUT2D eigenvalue weighted by Gasteiger charge is -2.50. The summed E-state index contributed by atoms with van der Waals surface area (Å²) in [5, 5.41) is 6.33. The molecule has 1 heterocycles. The molecule has 2 amide bonds. The number of benzene rings is 1. The van der Waals surface area contributed by atoms with E-state index in [1.807, 2.05) is 12.1 Å². The average Bonchev–Trinajstić information content (AvgIpc) is 2.68. The Morgan fingerprint density at radius 1 is 1.07 bits per heavy atom. The number of hydrogen-bond donors (Lipinski definition) is 2. The number of amides is 2. The smallest absolute Gasteiger partial charge is 0.251 e. The van der Waals surface area contributed by atoms with Crippen LogP contribution >= 0.6 is 0 Å². The zero-order chi connectivity index (χ0) is 18.9. The molecule has 3 fully saturated rings. The third-order valence-corrected chi connectivity index (χ3v) is 6.93. The number of carbonyl (C=O) groups is 2. The largest absolute Gasteiger partial charge is 0.372 e. The Hall–Kier alpha value is -2.04. The molecule has 4 rings (SSSR count). The maximum Gasteiger partial charge on any atom is 0.251 e. The fraction of sp³-hybridized carbons (Fsp3) is 0.636. The van der Waals surface area contributed by atoms with Crippen LogP contribution in [0.1, 0.15) is 74.6 Å². The quantitative estimate of drug-likeness (QED) is 0.855. The van der Waals surface area contributed by atoms with Gasteiger partial charge >= 0.3 is 0 Å². The van der Waals surface area contributed by atoms with E-state index in [-0.39, 0.29) is 23.4 Å². The van der Waals surface area contributed by atoms with Gasteiger partial charge in [0.15, 0.2) is 0 Å². The maximum absolute atomic E-state index is 12.8. The lowest BCUT2D eigenvalue weighted by Crippen LogP contribution is -2.68. The summed E-state index contributed by atoms with van der Waals surface area (Å²) in [6, 6.07) is 8.64. The fourth-order valence-corrected chi connectivity index (χ4v) is 4.99. The standard InChI is InChI=1S/C22H31N3O2/c1-25(17-6-3-2-4-7-17)18-10-8-16(9-11-18)21(27)23-19-12-13-20(26)24-22(19)14-5-15-22/h8-11,17,19H,2-7,12-15H2,1H3,(H,23,27)(H,24,26)/t19-/m1/s1. The van der Waals surface area contributed by atoms with Gasteiger partial charge in [-0.1, -0.05) is 19.3 Å². The van der Waals surface area contributed by atoms with Crippen LogP contribution in [-0.4, -0.2) is 36.5 Å². The molecule has 2 saturated carbocycles. The van der Waals surface area contributed by atoms with Crippen molar-refractivity contribution in [2.45, 2.75) is 81.8 Å². The van der Waals surface area contributed by atoms with Gasteiger partial charge in [-0.2, -0.15) is 0 Å². The van der Waals surface area contributed by atoms with E-state index >= 15 is 0 Å². The van der Waals surface area contributed by atoms with Crippen molar-refractivity contribution in [3.8, 4) is 0 Å². The molecule has 0 bridgehead atoms. The van der Waals surface area contributed by atoms with E-state index in [2.05, 4.69) is 34.7 Å². The third-order valence-electron chi connectivity index (χ3n) is 6.93. The molecular weight excluding hydrogens is 338 g/mol. The SMILES string of the molecule is CN(c1ccc(C(=O)N[C@@H]2CCC(=O)NC23CCC3)cc1)C1CCCCC1. The molecule has 1 aromatic rings. The number of nitrogens with zero attached hydrogens (tertiary/aromatic N) is 1. The first-order valence-electron chi connectivity index (χ1n) is 10.5. The number of piperidine rings is 1. The molecule has 27 heavy (non-hydrogen) atoms. The number of carbonyl (C=O) groups excluding carboxylic acids is 2. The van der Waals surface area contributed by atoms with E-state index in [9.17, 15) is 9.59 Å². The highest BCUT2D eigenvalue weighted by Crippen LogP contribution is 2.39. The molecule has 146 valence electrons. The van der Waals surface area contributed by atoms with Crippen LogP contribution in [0.5, 0.6) is 0 Å². The highest BCUT2D eigenvalue weighted by atomic mass is 16.2. The molecular formula is C22H31N3O2. The summed E-state index contributed by atoms with van der Waals surface area (Å²) in [6.07, 6.45) is 10.8. The summed E-state index contributed by atoms with van der Waals surface area (Å²) in [7, 11) is 2.16. The van der Waals surface area contributed by atoms with E-state index in [0.29, 0.717) is 18.0 Å². The summed E-state index contributed by atoms with van der Waals surface area (Å²) >= 11 is 0. The topological polar surface area (TPSA) is 61.4 Å². The van der Waals surface area contributed by atoms with Crippen molar-refractivity contribution < 1.29 is 9.59 Å². The Morgan fingerprint density at radius 2 is 1.78 bits per heavy atom. The van der Waals surface area contributed by atoms with Crippen molar-refractivity contribution >= 4 is 17.5 Å². The van der Waals surface area contributed by atoms with E-state index in [0.717, 1.165) is 25.7 Å². The van der Waals surface area contributed by atoms with Crippen molar-refractivity contribution in [3.63, 3.8) is 0 Å². The molecule has 1 aliphatic heterocycles. The summed E-state index contributed by atoms with van der Waals surface area (Å²) < 4.78 is 0. The summed E-state index contributed by atoms with van der Waals surface area (Å²) in [5.41, 5.74) is 1.67. The van der Waals surface area contributed by atoms with E-state index in [1.54, 1.807) is 0 Å². The second-order valence-electron chi connectivity index (χ2n) is 8.57. The monoisotopic (exact) mass is 369 g/mol. The zero-order valence-electron chi connectivity index (χ0n) is 16.3. The van der Waals surface area contributed by atoms with Crippen LogP contribution < -0.4 is 15.5 Å². The number of hydrogen-bond acceptors (Lipinski definition) is 3. The molecule has 1 aromatic carbocycles. The van der Waals surface area contributed by atoms with Crippen LogP contribution in [0, 0.1) is 0 Å². The second-order valence-corrected chi connectivity index (χ2v) is 8.57. The Morgan fingerprint density at radius 3 is 2.41 bits per heavy atom. The van der Waals surface area contributed by atoms with Gasteiger partial charge in [-0.15, -0.1) is 0 Å². The average molecular weight is 370 g/mol. The summed E-state index contributed by atoms with van der Waals surface area (Å²) in [5.74, 6) is 0.0876. The Balaban J connectivity index is 1.39. The van der Waals surface area contributed by atoms with Gasteiger partial charge in [0.05, 0.1) is 11.6 Å². The van der Waals surface area contributed by atoms with Gasteiger partial charge in [-0.05, 0) is 62.8 Å². The molecule has 5 nitrogen and oxygen atoms in total. The van der Waals surface area contributed by atoms with Gasteiger partial charge < -0.3 is 15.5 Å². The van der Waals surface area contributed by atoms with E-state index < -0.39 is 0 Å². The molecule has 0 unspecified atom stereocenters. The Labute approximate surface area is 161 Å². The van der Waals surface area contributed by atoms with Gasteiger partial charge in [0.25, 0.3) is 5.91 Å². The number of rotatable bonds is 4. The van der Waals surface area contributed by atoms with Crippen LogP contribution in [0.25, 0.3) is 0 Å². The van der Waals surface area contributed by atoms with Crippen LogP contribution in [0.4, 0.5) is 5.69 Å². The van der Waals surface area contributed by atoms with E-state index in [1.165, 1.54) is 37.8 Å². The molecule has 0 aromatic heterocycles. The number of nitrogens with one attached hydrogen (secondary N) is 2. The van der Waals surface area contributed by atoms with Crippen molar-refractivity contribution in [1.29, 1.82) is 0 Å². The van der Waals surface area contributed by atoms with Gasteiger partial charge in [0.1, 0.15) is 0 Å². The molecule has 1 spiro atoms.